The van der Waals surface area contributed by atoms with Crippen LogP contribution in [0.3, 0.4) is 0 Å². The molecule has 10 nitrogen and oxygen atoms in total. The number of primary amides is 1. The minimum Gasteiger partial charge on any atom is -0.449 e. The van der Waals surface area contributed by atoms with E-state index in [1.165, 1.54) is 18.3 Å². The van der Waals surface area contributed by atoms with E-state index in [-0.39, 0.29) is 30.5 Å². The highest BCUT2D eigenvalue weighted by atomic mass is 19.4. The van der Waals surface area contributed by atoms with Gasteiger partial charge in [-0.05, 0) is 51.5 Å². The lowest BCUT2D eigenvalue weighted by Gasteiger charge is -2.27. The maximum atomic E-state index is 12.4. The molecule has 2 rings (SSSR count). The zero-order chi connectivity index (χ0) is 28.2. The molecular weight excluding hydrogens is 497 g/mol. The summed E-state index contributed by atoms with van der Waals surface area (Å²) in [6.07, 6.45) is -2.76. The number of benzene rings is 1. The zero-order valence-corrected chi connectivity index (χ0v) is 21.4. The minimum absolute atomic E-state index is 0.0248. The summed E-state index contributed by atoms with van der Waals surface area (Å²) in [7, 11) is 0. The lowest BCUT2D eigenvalue weighted by atomic mass is 9.87. The highest BCUT2D eigenvalue weighted by molar-refractivity contribution is 6.04. The van der Waals surface area contributed by atoms with Gasteiger partial charge in [0.1, 0.15) is 24.5 Å². The Hall–Kier alpha value is -3.77. The van der Waals surface area contributed by atoms with Crippen LogP contribution in [0.4, 0.5) is 28.4 Å². The van der Waals surface area contributed by atoms with Gasteiger partial charge in [0, 0.05) is 17.1 Å². The zero-order valence-electron chi connectivity index (χ0n) is 21.4. The van der Waals surface area contributed by atoms with Gasteiger partial charge in [0.15, 0.2) is 0 Å². The molecule has 0 bridgehead atoms. The summed E-state index contributed by atoms with van der Waals surface area (Å²) in [4.78, 5) is 33.7. The van der Waals surface area contributed by atoms with Crippen molar-refractivity contribution >= 4 is 23.8 Å². The first-order valence-electron chi connectivity index (χ1n) is 11.4. The van der Waals surface area contributed by atoms with Crippen molar-refractivity contribution in [2.24, 2.45) is 11.1 Å². The van der Waals surface area contributed by atoms with Crippen LogP contribution in [0.2, 0.25) is 0 Å². The van der Waals surface area contributed by atoms with Gasteiger partial charge in [-0.1, -0.05) is 25.4 Å². The molecular formula is C24H33F3N4O6. The first kappa shape index (κ1) is 31.3. The van der Waals surface area contributed by atoms with Crippen molar-refractivity contribution in [1.82, 2.24) is 10.5 Å². The molecule has 1 unspecified atom stereocenters. The predicted octanol–water partition coefficient (Wildman–Crippen LogP) is 5.28. The molecule has 4 N–H and O–H groups in total. The van der Waals surface area contributed by atoms with Crippen LogP contribution >= 0.6 is 0 Å². The molecule has 2 aromatic rings. The first-order chi connectivity index (χ1) is 17.2. The molecule has 3 amide bonds. The Balaban J connectivity index is 0.000000371. The molecule has 37 heavy (non-hydrogen) atoms. The molecule has 0 aliphatic carbocycles. The molecule has 13 heteroatoms. The third-order valence-corrected chi connectivity index (χ3v) is 4.84. The summed E-state index contributed by atoms with van der Waals surface area (Å²) in [5.41, 5.74) is 4.26. The van der Waals surface area contributed by atoms with Crippen LogP contribution in [0.25, 0.3) is 0 Å². The van der Waals surface area contributed by atoms with Crippen LogP contribution in [0, 0.1) is 12.3 Å². The van der Waals surface area contributed by atoms with Crippen LogP contribution in [-0.2, 0) is 15.7 Å². The molecule has 1 aromatic heterocycles. The van der Waals surface area contributed by atoms with Crippen molar-refractivity contribution in [3.05, 3.63) is 47.3 Å². The van der Waals surface area contributed by atoms with E-state index in [9.17, 15) is 27.6 Å². The molecule has 0 radical (unpaired) electrons. The third-order valence-electron chi connectivity index (χ3n) is 4.84. The molecule has 0 saturated carbocycles. The van der Waals surface area contributed by atoms with Crippen LogP contribution < -0.4 is 16.4 Å². The predicted molar refractivity (Wildman–Crippen MR) is 129 cm³/mol. The van der Waals surface area contributed by atoms with Crippen LogP contribution in [0.5, 0.6) is 0 Å². The van der Waals surface area contributed by atoms with E-state index in [0.717, 1.165) is 25.0 Å². The van der Waals surface area contributed by atoms with Gasteiger partial charge in [-0.15, -0.1) is 0 Å². The SMILES string of the molecule is CCCC(C)(COC(N)=O)COC(=O)NC(C)C.Cc1oncc1C(=O)Nc1ccc(C(F)(F)F)cc1. The van der Waals surface area contributed by atoms with Gasteiger partial charge in [-0.2, -0.15) is 13.2 Å². The number of carbonyl (C=O) groups is 3. The number of nitrogens with zero attached hydrogens (tertiary/aromatic N) is 1. The number of anilines is 1. The topological polar surface area (TPSA) is 146 Å². The van der Waals surface area contributed by atoms with Crippen LogP contribution in [-0.4, -0.2) is 42.5 Å². The fourth-order valence-electron chi connectivity index (χ4n) is 3.01. The fraction of sp³-hybridized carbons (Fsp3) is 0.500. The smallest absolute Gasteiger partial charge is 0.416 e. The largest absolute Gasteiger partial charge is 0.449 e. The van der Waals surface area contributed by atoms with Crippen molar-refractivity contribution in [3.63, 3.8) is 0 Å². The second-order valence-corrected chi connectivity index (χ2v) is 8.87. The number of aromatic nitrogens is 1. The number of ether oxygens (including phenoxy) is 2. The lowest BCUT2D eigenvalue weighted by Crippen LogP contribution is -2.37. The van der Waals surface area contributed by atoms with E-state index >= 15 is 0 Å². The monoisotopic (exact) mass is 530 g/mol. The van der Waals surface area contributed by atoms with Gasteiger partial charge in [-0.25, -0.2) is 9.59 Å². The second-order valence-electron chi connectivity index (χ2n) is 8.87. The summed E-state index contributed by atoms with van der Waals surface area (Å²) >= 11 is 0. The summed E-state index contributed by atoms with van der Waals surface area (Å²) in [6.45, 7) is 9.50. The van der Waals surface area contributed by atoms with Crippen molar-refractivity contribution in [3.8, 4) is 0 Å². The van der Waals surface area contributed by atoms with E-state index in [0.29, 0.717) is 5.76 Å². The summed E-state index contributed by atoms with van der Waals surface area (Å²) in [5.74, 6) is -0.150. The number of rotatable bonds is 9. The molecule has 0 aliphatic rings. The summed E-state index contributed by atoms with van der Waals surface area (Å²) < 4.78 is 51.7. The number of aryl methyl sites for hydroxylation is 1. The molecule has 1 heterocycles. The van der Waals surface area contributed by atoms with Gasteiger partial charge in [0.2, 0.25) is 0 Å². The number of halogens is 3. The number of alkyl halides is 3. The Kier molecular flexibility index (Phi) is 11.9. The molecule has 1 aromatic carbocycles. The first-order valence-corrected chi connectivity index (χ1v) is 11.4. The quantitative estimate of drug-likeness (QED) is 0.400. The highest BCUT2D eigenvalue weighted by Crippen LogP contribution is 2.30. The van der Waals surface area contributed by atoms with Gasteiger partial charge in [0.05, 0.1) is 11.8 Å². The summed E-state index contributed by atoms with van der Waals surface area (Å²) in [6, 6.07) is 4.19. The van der Waals surface area contributed by atoms with E-state index < -0.39 is 35.2 Å². The Morgan fingerprint density at radius 1 is 1.11 bits per heavy atom. The molecule has 0 spiro atoms. The number of hydrogen-bond donors (Lipinski definition) is 3. The van der Waals surface area contributed by atoms with Gasteiger partial charge >= 0.3 is 18.4 Å². The number of nitrogens with two attached hydrogens (primary N) is 1. The van der Waals surface area contributed by atoms with E-state index in [1.54, 1.807) is 6.92 Å². The highest BCUT2D eigenvalue weighted by Gasteiger charge is 2.30. The maximum absolute atomic E-state index is 12.4. The number of nitrogens with one attached hydrogen (secondary N) is 2. The average molecular weight is 531 g/mol. The number of amides is 3. The maximum Gasteiger partial charge on any atom is 0.416 e. The summed E-state index contributed by atoms with van der Waals surface area (Å²) in [5, 5.41) is 8.53. The molecule has 206 valence electrons. The minimum atomic E-state index is -4.40. The molecule has 0 fully saturated rings. The van der Waals surface area contributed by atoms with Crippen LogP contribution in [0.15, 0.2) is 35.0 Å². The van der Waals surface area contributed by atoms with Crippen molar-refractivity contribution in [1.29, 1.82) is 0 Å². The number of alkyl carbamates (subject to hydrolysis) is 1. The molecule has 0 saturated heterocycles. The van der Waals surface area contributed by atoms with Gasteiger partial charge < -0.3 is 30.4 Å². The molecule has 0 aliphatic heterocycles. The van der Waals surface area contributed by atoms with Crippen molar-refractivity contribution < 1.29 is 41.6 Å². The Morgan fingerprint density at radius 3 is 2.16 bits per heavy atom. The second kappa shape index (κ2) is 14.1. The van der Waals surface area contributed by atoms with E-state index in [2.05, 4.69) is 15.8 Å². The van der Waals surface area contributed by atoms with Crippen LogP contribution in [0.1, 0.15) is 62.2 Å². The Morgan fingerprint density at radius 2 is 1.70 bits per heavy atom. The Labute approximate surface area is 213 Å². The standard InChI is InChI=1S/C12H9F3N2O2.C12H24N2O4/c1-7-10(6-16-19-7)11(18)17-9-4-2-8(3-5-9)12(13,14)15;1-5-6-12(4,7-17-10(13)15)8-18-11(16)14-9(2)3/h2-6H,1H3,(H,17,18);9H,5-8H2,1-4H3,(H2,13,15)(H,14,16). The lowest BCUT2D eigenvalue weighted by molar-refractivity contribution is -0.137. The molecule has 1 atom stereocenters. The number of hydrogen-bond acceptors (Lipinski definition) is 7. The Bertz CT molecular complexity index is 1020. The van der Waals surface area contributed by atoms with E-state index in [1.807, 2.05) is 27.7 Å². The number of carbonyl (C=O) groups excluding carboxylic acids is 3. The third kappa shape index (κ3) is 11.7. The normalized spacial score (nSPS) is 12.6. The van der Waals surface area contributed by atoms with Crippen molar-refractivity contribution in [2.45, 2.75) is 59.7 Å². The fourth-order valence-corrected chi connectivity index (χ4v) is 3.01. The van der Waals surface area contributed by atoms with E-state index in [4.69, 9.17) is 19.7 Å². The van der Waals surface area contributed by atoms with Gasteiger partial charge in [0.25, 0.3) is 5.91 Å². The average Bonchev–Trinajstić information content (AvgIpc) is 3.22. The van der Waals surface area contributed by atoms with Crippen molar-refractivity contribution in [2.75, 3.05) is 18.5 Å². The van der Waals surface area contributed by atoms with Gasteiger partial charge in [-0.3, -0.25) is 4.79 Å².